The first-order chi connectivity index (χ1) is 9.24. The van der Waals surface area contributed by atoms with E-state index >= 15 is 0 Å². The van der Waals surface area contributed by atoms with Crippen molar-refractivity contribution in [2.45, 2.75) is 33.4 Å². The van der Waals surface area contributed by atoms with E-state index in [0.29, 0.717) is 13.1 Å². The zero-order valence-corrected chi connectivity index (χ0v) is 14.0. The molecule has 0 aliphatic rings. The van der Waals surface area contributed by atoms with Gasteiger partial charge in [0, 0.05) is 23.7 Å². The van der Waals surface area contributed by atoms with Gasteiger partial charge in [0.15, 0.2) is 0 Å². The molecule has 2 amide bonds. The maximum absolute atomic E-state index is 12.1. The predicted octanol–water partition coefficient (Wildman–Crippen LogP) is 2.02. The molecule has 0 saturated heterocycles. The topological polar surface area (TPSA) is 66.5 Å². The SMILES string of the molecule is CCN(C(=O)NCc1sccc1C)[C@@H](C)CS(C)(=O)=O. The third-order valence-corrected chi connectivity index (χ3v) is 5.16. The molecular weight excluding hydrogens is 296 g/mol. The fourth-order valence-corrected chi connectivity index (χ4v) is 3.93. The number of urea groups is 1. The number of rotatable bonds is 6. The monoisotopic (exact) mass is 318 g/mol. The Kier molecular flexibility index (Phi) is 6.01. The van der Waals surface area contributed by atoms with Crippen molar-refractivity contribution in [2.75, 3.05) is 18.6 Å². The number of thiophene rings is 1. The van der Waals surface area contributed by atoms with Gasteiger partial charge in [0.25, 0.3) is 0 Å². The van der Waals surface area contributed by atoms with Crippen LogP contribution in [0.4, 0.5) is 4.79 Å². The number of carbonyl (C=O) groups excluding carboxylic acids is 1. The highest BCUT2D eigenvalue weighted by Gasteiger charge is 2.21. The van der Waals surface area contributed by atoms with Gasteiger partial charge in [-0.3, -0.25) is 0 Å². The first kappa shape index (κ1) is 17.0. The zero-order valence-electron chi connectivity index (χ0n) is 12.3. The molecule has 0 aliphatic carbocycles. The van der Waals surface area contributed by atoms with Crippen molar-refractivity contribution < 1.29 is 13.2 Å². The Labute approximate surface area is 124 Å². The third-order valence-electron chi connectivity index (χ3n) is 3.05. The van der Waals surface area contributed by atoms with E-state index in [1.807, 2.05) is 25.3 Å². The molecule has 0 radical (unpaired) electrons. The van der Waals surface area contributed by atoms with E-state index < -0.39 is 9.84 Å². The van der Waals surface area contributed by atoms with Crippen LogP contribution in [-0.2, 0) is 16.4 Å². The van der Waals surface area contributed by atoms with Crippen molar-refractivity contribution in [1.82, 2.24) is 10.2 Å². The van der Waals surface area contributed by atoms with Gasteiger partial charge in [-0.25, -0.2) is 13.2 Å². The Bertz CT molecular complexity index is 552. The summed E-state index contributed by atoms with van der Waals surface area (Å²) in [5.41, 5.74) is 1.16. The minimum absolute atomic E-state index is 0.0215. The third kappa shape index (κ3) is 5.13. The summed E-state index contributed by atoms with van der Waals surface area (Å²) in [6, 6.07) is 1.45. The van der Waals surface area contributed by atoms with Gasteiger partial charge in [-0.15, -0.1) is 11.3 Å². The maximum Gasteiger partial charge on any atom is 0.317 e. The highest BCUT2D eigenvalue weighted by atomic mass is 32.2. The van der Waals surface area contributed by atoms with Crippen LogP contribution in [0.1, 0.15) is 24.3 Å². The second kappa shape index (κ2) is 7.08. The van der Waals surface area contributed by atoms with Crippen LogP contribution in [0.15, 0.2) is 11.4 Å². The fourth-order valence-electron chi connectivity index (χ4n) is 2.03. The van der Waals surface area contributed by atoms with Gasteiger partial charge in [-0.2, -0.15) is 0 Å². The Hall–Kier alpha value is -1.08. The molecule has 1 N–H and O–H groups in total. The van der Waals surface area contributed by atoms with Crippen molar-refractivity contribution in [2.24, 2.45) is 0 Å². The summed E-state index contributed by atoms with van der Waals surface area (Å²) >= 11 is 1.60. The minimum Gasteiger partial charge on any atom is -0.333 e. The standard InChI is InChI=1S/C13H22N2O3S2/c1-5-15(11(3)9-20(4,17)18)13(16)14-8-12-10(2)6-7-19-12/h6-7,11H,5,8-9H2,1-4H3,(H,14,16)/t11-/m0/s1. The lowest BCUT2D eigenvalue weighted by atomic mass is 10.3. The van der Waals surface area contributed by atoms with E-state index in [0.717, 1.165) is 10.4 Å². The Morgan fingerprint density at radius 2 is 2.15 bits per heavy atom. The molecule has 1 rings (SSSR count). The normalized spacial score (nSPS) is 13.0. The lowest BCUT2D eigenvalue weighted by Crippen LogP contribution is -2.47. The minimum atomic E-state index is -3.10. The van der Waals surface area contributed by atoms with Gasteiger partial charge < -0.3 is 10.2 Å². The first-order valence-corrected chi connectivity index (χ1v) is 9.43. The summed E-state index contributed by atoms with van der Waals surface area (Å²) in [6.07, 6.45) is 1.18. The maximum atomic E-state index is 12.1. The number of sulfone groups is 1. The molecule has 20 heavy (non-hydrogen) atoms. The number of aryl methyl sites for hydroxylation is 1. The molecule has 1 atom stereocenters. The van der Waals surface area contributed by atoms with Crippen LogP contribution >= 0.6 is 11.3 Å². The molecule has 114 valence electrons. The number of nitrogens with one attached hydrogen (secondary N) is 1. The number of hydrogen-bond acceptors (Lipinski definition) is 4. The van der Waals surface area contributed by atoms with Crippen molar-refractivity contribution in [3.05, 3.63) is 21.9 Å². The first-order valence-electron chi connectivity index (χ1n) is 6.49. The summed E-state index contributed by atoms with van der Waals surface area (Å²) in [6.45, 7) is 6.55. The van der Waals surface area contributed by atoms with Gasteiger partial charge in [-0.1, -0.05) is 0 Å². The van der Waals surface area contributed by atoms with Crippen LogP contribution in [-0.4, -0.2) is 43.9 Å². The number of hydrogen-bond donors (Lipinski definition) is 1. The molecule has 0 fully saturated rings. The van der Waals surface area contributed by atoms with Gasteiger partial charge in [-0.05, 0) is 37.8 Å². The molecule has 0 bridgehead atoms. The van der Waals surface area contributed by atoms with E-state index in [1.165, 1.54) is 6.26 Å². The molecule has 0 aliphatic heterocycles. The fraction of sp³-hybridized carbons (Fsp3) is 0.615. The summed E-state index contributed by atoms with van der Waals surface area (Å²) in [5, 5.41) is 4.83. The summed E-state index contributed by atoms with van der Waals surface area (Å²) in [7, 11) is -3.10. The quantitative estimate of drug-likeness (QED) is 0.872. The summed E-state index contributed by atoms with van der Waals surface area (Å²) in [5.74, 6) is -0.0215. The van der Waals surface area contributed by atoms with E-state index in [2.05, 4.69) is 5.32 Å². The van der Waals surface area contributed by atoms with Crippen molar-refractivity contribution in [1.29, 1.82) is 0 Å². The van der Waals surface area contributed by atoms with Crippen molar-refractivity contribution >= 4 is 27.2 Å². The molecular formula is C13H22N2O3S2. The number of nitrogens with zero attached hydrogens (tertiary/aromatic N) is 1. The second-order valence-electron chi connectivity index (χ2n) is 4.91. The van der Waals surface area contributed by atoms with Crippen molar-refractivity contribution in [3.63, 3.8) is 0 Å². The van der Waals surface area contributed by atoms with Gasteiger partial charge in [0.1, 0.15) is 9.84 Å². The largest absolute Gasteiger partial charge is 0.333 e. The van der Waals surface area contributed by atoms with Gasteiger partial charge in [0.2, 0.25) is 0 Å². The number of amides is 2. The van der Waals surface area contributed by atoms with Crippen LogP contribution in [0.5, 0.6) is 0 Å². The molecule has 7 heteroatoms. The number of carbonyl (C=O) groups is 1. The zero-order chi connectivity index (χ0) is 15.3. The molecule has 0 aromatic carbocycles. The highest BCUT2D eigenvalue weighted by Crippen LogP contribution is 2.15. The molecule has 0 spiro atoms. The Balaban J connectivity index is 2.61. The van der Waals surface area contributed by atoms with Crippen LogP contribution < -0.4 is 5.32 Å². The Morgan fingerprint density at radius 3 is 2.60 bits per heavy atom. The van der Waals surface area contributed by atoms with Crippen LogP contribution in [0.25, 0.3) is 0 Å². The summed E-state index contributed by atoms with van der Waals surface area (Å²) < 4.78 is 22.6. The molecule has 1 aromatic heterocycles. The lowest BCUT2D eigenvalue weighted by Gasteiger charge is -2.27. The van der Waals surface area contributed by atoms with E-state index in [1.54, 1.807) is 23.2 Å². The molecule has 1 aromatic rings. The second-order valence-corrected chi connectivity index (χ2v) is 8.10. The lowest BCUT2D eigenvalue weighted by molar-refractivity contribution is 0.187. The summed E-state index contributed by atoms with van der Waals surface area (Å²) in [4.78, 5) is 14.8. The average Bonchev–Trinajstić information content (AvgIpc) is 2.70. The van der Waals surface area contributed by atoms with E-state index in [9.17, 15) is 13.2 Å². The molecule has 0 unspecified atom stereocenters. The predicted molar refractivity (Wildman–Crippen MR) is 82.8 cm³/mol. The average molecular weight is 318 g/mol. The van der Waals surface area contributed by atoms with E-state index in [4.69, 9.17) is 0 Å². The highest BCUT2D eigenvalue weighted by molar-refractivity contribution is 7.90. The smallest absolute Gasteiger partial charge is 0.317 e. The van der Waals surface area contributed by atoms with Gasteiger partial charge >= 0.3 is 6.03 Å². The van der Waals surface area contributed by atoms with Crippen LogP contribution in [0.3, 0.4) is 0 Å². The van der Waals surface area contributed by atoms with Crippen LogP contribution in [0.2, 0.25) is 0 Å². The van der Waals surface area contributed by atoms with Gasteiger partial charge in [0.05, 0.1) is 12.3 Å². The van der Waals surface area contributed by atoms with Crippen LogP contribution in [0, 0.1) is 6.92 Å². The molecule has 5 nitrogen and oxygen atoms in total. The molecule has 1 heterocycles. The Morgan fingerprint density at radius 1 is 1.50 bits per heavy atom. The van der Waals surface area contributed by atoms with E-state index in [-0.39, 0.29) is 17.8 Å². The molecule has 0 saturated carbocycles. The van der Waals surface area contributed by atoms with Crippen molar-refractivity contribution in [3.8, 4) is 0 Å².